The second-order valence-corrected chi connectivity index (χ2v) is 2.57. The average Bonchev–Trinajstić information content (AvgIpc) is 2.38. The third-order valence-corrected chi connectivity index (χ3v) is 1.55. The van der Waals surface area contributed by atoms with Crippen LogP contribution in [0.1, 0.15) is 0 Å². The summed E-state index contributed by atoms with van der Waals surface area (Å²) >= 11 is -3.03. The highest BCUT2D eigenvalue weighted by molar-refractivity contribution is 7.74. The molecule has 1 N–H and O–H groups in total. The molecule has 1 rings (SSSR count). The molecule has 0 aromatic heterocycles. The van der Waals surface area contributed by atoms with Gasteiger partial charge in [-0.1, -0.05) is 0 Å². The lowest BCUT2D eigenvalue weighted by Gasteiger charge is -2.11. The van der Waals surface area contributed by atoms with Crippen LogP contribution in [0.2, 0.25) is 0 Å². The molecule has 0 bridgehead atoms. The highest BCUT2D eigenvalue weighted by atomic mass is 32.2. The van der Waals surface area contributed by atoms with Crippen molar-refractivity contribution in [1.29, 1.82) is 0 Å². The summed E-state index contributed by atoms with van der Waals surface area (Å²) in [6.45, 7) is 0. The largest absolute Gasteiger partial charge is 0.464 e. The Morgan fingerprint density at radius 1 is 1.67 bits per heavy atom. The van der Waals surface area contributed by atoms with Crippen molar-refractivity contribution in [2.45, 2.75) is 12.1 Å². The molecule has 0 saturated carbocycles. The lowest BCUT2D eigenvalue weighted by atomic mass is 10.5. The Morgan fingerprint density at radius 3 is 2.17 bits per heavy atom. The molecule has 1 heterocycles. The Hall–Kier alpha value is -0.220. The van der Waals surface area contributed by atoms with Gasteiger partial charge in [-0.05, 0) is 0 Å². The molecule has 1 aliphatic heterocycles. The second-order valence-electron chi connectivity index (χ2n) is 1.97. The van der Waals surface area contributed by atoms with Gasteiger partial charge >= 0.3 is 23.4 Å². The molecule has 12 heavy (non-hydrogen) atoms. The second kappa shape index (κ2) is 2.64. The maximum absolute atomic E-state index is 12.0. The summed E-state index contributed by atoms with van der Waals surface area (Å²) in [6.07, 6.45) is -4.86. The Balaban J connectivity index is 2.73. The van der Waals surface area contributed by atoms with E-state index in [1.807, 2.05) is 0 Å². The number of halogens is 3. The van der Waals surface area contributed by atoms with Crippen LogP contribution in [0.25, 0.3) is 0 Å². The van der Waals surface area contributed by atoms with Crippen molar-refractivity contribution in [2.75, 3.05) is 7.05 Å². The van der Waals surface area contributed by atoms with E-state index in [1.165, 1.54) is 0 Å². The molecular formula is C3H4F3NO4S. The molecule has 0 radical (unpaired) electrons. The molecule has 0 aliphatic carbocycles. The van der Waals surface area contributed by atoms with Crippen LogP contribution in [-0.2, 0) is 20.4 Å². The van der Waals surface area contributed by atoms with E-state index in [-0.39, 0.29) is 0 Å². The lowest BCUT2D eigenvalue weighted by molar-refractivity contribution is -0.246. The summed E-state index contributed by atoms with van der Waals surface area (Å²) in [4.78, 5) is 3.91. The van der Waals surface area contributed by atoms with Gasteiger partial charge in [0.05, 0.1) is 0 Å². The lowest BCUT2D eigenvalue weighted by Crippen LogP contribution is -2.39. The Labute approximate surface area is 67.5 Å². The Morgan fingerprint density at radius 2 is 2.08 bits per heavy atom. The predicted octanol–water partition coefficient (Wildman–Crippen LogP) is 0.233. The summed E-state index contributed by atoms with van der Waals surface area (Å²) in [5.74, 6) is -3.05. The third-order valence-electron chi connectivity index (χ3n) is 1.19. The van der Waals surface area contributed by atoms with E-state index < -0.39 is 23.4 Å². The van der Waals surface area contributed by atoms with Crippen molar-refractivity contribution < 1.29 is 31.0 Å². The smallest absolute Gasteiger partial charge is 0.284 e. The summed E-state index contributed by atoms with van der Waals surface area (Å²) in [5, 5.41) is 0.293. The fourth-order valence-electron chi connectivity index (χ4n) is 0.607. The standard InChI is InChI=1S/C3H4F3NO4S/c1-7-3(10-7,2(4,5)6)11-12(8)9/h1H3,(H,8,9). The van der Waals surface area contributed by atoms with Gasteiger partial charge in [0.2, 0.25) is 0 Å². The molecular weight excluding hydrogens is 203 g/mol. The van der Waals surface area contributed by atoms with Crippen LogP contribution in [-0.4, -0.2) is 33.0 Å². The molecule has 1 fully saturated rings. The predicted molar refractivity (Wildman–Crippen MR) is 29.5 cm³/mol. The molecule has 0 aromatic carbocycles. The molecule has 0 spiro atoms. The van der Waals surface area contributed by atoms with Crippen LogP contribution in [0.15, 0.2) is 0 Å². The first-order chi connectivity index (χ1) is 5.29. The van der Waals surface area contributed by atoms with Gasteiger partial charge in [0.1, 0.15) is 0 Å². The van der Waals surface area contributed by atoms with Gasteiger partial charge in [-0.25, -0.2) is 9.02 Å². The first-order valence-electron chi connectivity index (χ1n) is 2.59. The molecule has 0 aromatic rings. The van der Waals surface area contributed by atoms with Crippen LogP contribution in [0.3, 0.4) is 0 Å². The van der Waals surface area contributed by atoms with Crippen molar-refractivity contribution in [3.63, 3.8) is 0 Å². The van der Waals surface area contributed by atoms with E-state index in [1.54, 1.807) is 0 Å². The molecule has 5 nitrogen and oxygen atoms in total. The van der Waals surface area contributed by atoms with Crippen LogP contribution in [0, 0.1) is 0 Å². The SMILES string of the molecule is CN1OC1(OS(=O)O)C(F)(F)F. The molecule has 0 amide bonds. The summed E-state index contributed by atoms with van der Waals surface area (Å²) in [6, 6.07) is 0. The van der Waals surface area contributed by atoms with Crippen molar-refractivity contribution in [2.24, 2.45) is 0 Å². The first-order valence-corrected chi connectivity index (χ1v) is 3.63. The zero-order valence-electron chi connectivity index (χ0n) is 5.66. The zero-order valence-corrected chi connectivity index (χ0v) is 6.48. The fourth-order valence-corrected chi connectivity index (χ4v) is 1.03. The molecule has 72 valence electrons. The van der Waals surface area contributed by atoms with Crippen molar-refractivity contribution in [1.82, 2.24) is 5.06 Å². The van der Waals surface area contributed by atoms with Crippen LogP contribution in [0.5, 0.6) is 0 Å². The number of nitrogens with zero attached hydrogens (tertiary/aromatic N) is 1. The number of hydrogen-bond acceptors (Lipinski definition) is 4. The average molecular weight is 207 g/mol. The van der Waals surface area contributed by atoms with Crippen LogP contribution < -0.4 is 0 Å². The topological polar surface area (TPSA) is 62.1 Å². The molecule has 3 unspecified atom stereocenters. The normalized spacial score (nSPS) is 37.9. The van der Waals surface area contributed by atoms with E-state index in [4.69, 9.17) is 4.55 Å². The summed E-state index contributed by atoms with van der Waals surface area (Å²) in [5.41, 5.74) is 0. The quantitative estimate of drug-likeness (QED) is 0.518. The number of hydroxylamine groups is 2. The molecule has 1 saturated heterocycles. The van der Waals surface area contributed by atoms with E-state index in [9.17, 15) is 17.4 Å². The van der Waals surface area contributed by atoms with Gasteiger partial charge in [-0.15, -0.1) is 5.06 Å². The van der Waals surface area contributed by atoms with Crippen LogP contribution >= 0.6 is 0 Å². The maximum atomic E-state index is 12.0. The molecule has 9 heteroatoms. The number of alkyl halides is 3. The van der Waals surface area contributed by atoms with Gasteiger partial charge in [-0.2, -0.15) is 17.4 Å². The van der Waals surface area contributed by atoms with Crippen molar-refractivity contribution in [3.05, 3.63) is 0 Å². The highest BCUT2D eigenvalue weighted by Crippen LogP contribution is 2.48. The van der Waals surface area contributed by atoms with Crippen molar-refractivity contribution >= 4 is 11.4 Å². The van der Waals surface area contributed by atoms with Crippen molar-refractivity contribution in [3.8, 4) is 0 Å². The highest BCUT2D eigenvalue weighted by Gasteiger charge is 2.75. The van der Waals surface area contributed by atoms with E-state index in [0.717, 1.165) is 7.05 Å². The summed E-state index contributed by atoms with van der Waals surface area (Å²) in [7, 11) is 0.931. The minimum atomic E-state index is -4.86. The molecule has 1 aliphatic rings. The van der Waals surface area contributed by atoms with Gasteiger partial charge in [0, 0.05) is 7.05 Å². The van der Waals surface area contributed by atoms with E-state index in [0.29, 0.717) is 5.06 Å². The summed E-state index contributed by atoms with van der Waals surface area (Å²) < 4.78 is 57.5. The monoisotopic (exact) mass is 207 g/mol. The van der Waals surface area contributed by atoms with Gasteiger partial charge in [0.15, 0.2) is 0 Å². The maximum Gasteiger partial charge on any atom is 0.464 e. The van der Waals surface area contributed by atoms with E-state index >= 15 is 0 Å². The fraction of sp³-hybridized carbons (Fsp3) is 1.00. The number of rotatable bonds is 2. The van der Waals surface area contributed by atoms with Gasteiger partial charge in [0.25, 0.3) is 0 Å². The van der Waals surface area contributed by atoms with Crippen LogP contribution in [0.4, 0.5) is 13.2 Å². The zero-order chi connectivity index (χ0) is 9.57. The Kier molecular flexibility index (Phi) is 2.17. The Bertz CT molecular complexity index is 220. The number of hydrogen-bond donors (Lipinski definition) is 1. The third kappa shape index (κ3) is 1.45. The van der Waals surface area contributed by atoms with Gasteiger partial charge < -0.3 is 0 Å². The van der Waals surface area contributed by atoms with E-state index in [2.05, 4.69) is 9.02 Å². The minimum Gasteiger partial charge on any atom is -0.284 e. The first kappa shape index (κ1) is 9.86. The van der Waals surface area contributed by atoms with Gasteiger partial charge in [-0.3, -0.25) is 4.55 Å². The molecule has 3 atom stereocenters. The minimum absolute atomic E-state index is 0.293.